The minimum Gasteiger partial charge on any atom is -0.295 e. The Morgan fingerprint density at radius 1 is 1.24 bits per heavy atom. The Bertz CT molecular complexity index is 624. The van der Waals surface area contributed by atoms with E-state index >= 15 is 0 Å². The van der Waals surface area contributed by atoms with E-state index in [9.17, 15) is 13.2 Å². The molecule has 1 aromatic rings. The molecule has 1 N–H and O–H groups in total. The third-order valence-corrected chi connectivity index (χ3v) is 6.05. The molecule has 0 spiro atoms. The number of benzene rings is 1. The second-order valence-corrected chi connectivity index (χ2v) is 7.79. The molecule has 1 aliphatic rings. The standard InChI is InChI=1S/C16H23NO3S/c1-11-6-4-9-16(12(11)2)17-21(19,20)15-8-5-7-14(10-15)13(3)18/h5,7-8,10-12,16-17H,4,6,9H2,1-3H3/t11-,12-,16+/m1/s1. The summed E-state index contributed by atoms with van der Waals surface area (Å²) in [4.78, 5) is 11.6. The van der Waals surface area contributed by atoms with Crippen molar-refractivity contribution < 1.29 is 13.2 Å². The van der Waals surface area contributed by atoms with Crippen molar-refractivity contribution in [2.24, 2.45) is 11.8 Å². The summed E-state index contributed by atoms with van der Waals surface area (Å²) in [6, 6.07) is 6.19. The molecule has 0 heterocycles. The van der Waals surface area contributed by atoms with Gasteiger partial charge in [0.2, 0.25) is 10.0 Å². The second kappa shape index (κ2) is 6.28. The molecule has 5 heteroatoms. The number of hydrogen-bond acceptors (Lipinski definition) is 3. The predicted molar refractivity (Wildman–Crippen MR) is 82.7 cm³/mol. The van der Waals surface area contributed by atoms with E-state index in [1.165, 1.54) is 19.1 Å². The first-order valence-corrected chi connectivity index (χ1v) is 8.93. The van der Waals surface area contributed by atoms with Crippen LogP contribution >= 0.6 is 0 Å². The zero-order valence-corrected chi connectivity index (χ0v) is 13.6. The van der Waals surface area contributed by atoms with E-state index in [0.29, 0.717) is 17.4 Å². The Morgan fingerprint density at radius 2 is 1.95 bits per heavy atom. The van der Waals surface area contributed by atoms with E-state index in [0.717, 1.165) is 19.3 Å². The summed E-state index contributed by atoms with van der Waals surface area (Å²) in [5.74, 6) is 0.714. The minimum atomic E-state index is -3.57. The van der Waals surface area contributed by atoms with Crippen LogP contribution in [0.3, 0.4) is 0 Å². The highest BCUT2D eigenvalue weighted by Crippen LogP contribution is 2.30. The van der Waals surface area contributed by atoms with Crippen molar-refractivity contribution in [1.29, 1.82) is 0 Å². The van der Waals surface area contributed by atoms with Crippen LogP contribution < -0.4 is 4.72 Å². The molecule has 1 fully saturated rings. The third kappa shape index (κ3) is 3.71. The van der Waals surface area contributed by atoms with E-state index in [2.05, 4.69) is 18.6 Å². The molecule has 0 amide bonds. The van der Waals surface area contributed by atoms with Gasteiger partial charge in [-0.2, -0.15) is 0 Å². The van der Waals surface area contributed by atoms with E-state index in [-0.39, 0.29) is 16.7 Å². The molecule has 0 saturated heterocycles. The monoisotopic (exact) mass is 309 g/mol. The summed E-state index contributed by atoms with van der Waals surface area (Å²) in [6.45, 7) is 5.70. The fraction of sp³-hybridized carbons (Fsp3) is 0.562. The average Bonchev–Trinajstić information content (AvgIpc) is 2.44. The van der Waals surface area contributed by atoms with Crippen molar-refractivity contribution >= 4 is 15.8 Å². The van der Waals surface area contributed by atoms with Crippen LogP contribution in [0.25, 0.3) is 0 Å². The van der Waals surface area contributed by atoms with E-state index in [4.69, 9.17) is 0 Å². The molecule has 0 radical (unpaired) electrons. The number of Topliss-reactive ketones (excluding diaryl/α,β-unsaturated/α-hetero) is 1. The fourth-order valence-electron chi connectivity index (χ4n) is 2.90. The first kappa shape index (κ1) is 16.2. The molecule has 1 aromatic carbocycles. The van der Waals surface area contributed by atoms with Gasteiger partial charge in [-0.1, -0.05) is 38.8 Å². The molecule has 2 rings (SSSR count). The number of carbonyl (C=O) groups excluding carboxylic acids is 1. The highest BCUT2D eigenvalue weighted by atomic mass is 32.2. The van der Waals surface area contributed by atoms with Crippen LogP contribution in [0, 0.1) is 11.8 Å². The van der Waals surface area contributed by atoms with E-state index < -0.39 is 10.0 Å². The molecule has 0 bridgehead atoms. The average molecular weight is 309 g/mol. The Balaban J connectivity index is 2.22. The lowest BCUT2D eigenvalue weighted by atomic mass is 9.78. The number of sulfonamides is 1. The Hall–Kier alpha value is -1.20. The van der Waals surface area contributed by atoms with Gasteiger partial charge in [0, 0.05) is 11.6 Å². The number of hydrogen-bond donors (Lipinski definition) is 1. The lowest BCUT2D eigenvalue weighted by Gasteiger charge is -2.34. The Labute approximate surface area is 127 Å². The van der Waals surface area contributed by atoms with Crippen LogP contribution in [-0.4, -0.2) is 20.2 Å². The van der Waals surface area contributed by atoms with Crippen LogP contribution in [0.1, 0.15) is 50.4 Å². The zero-order chi connectivity index (χ0) is 15.6. The fourth-order valence-corrected chi connectivity index (χ4v) is 4.30. The molecule has 0 unspecified atom stereocenters. The summed E-state index contributed by atoms with van der Waals surface area (Å²) in [7, 11) is -3.57. The maximum absolute atomic E-state index is 12.5. The summed E-state index contributed by atoms with van der Waals surface area (Å²) >= 11 is 0. The number of carbonyl (C=O) groups is 1. The van der Waals surface area contributed by atoms with Gasteiger partial charge >= 0.3 is 0 Å². The zero-order valence-electron chi connectivity index (χ0n) is 12.8. The maximum Gasteiger partial charge on any atom is 0.240 e. The minimum absolute atomic E-state index is 0.0280. The van der Waals surface area contributed by atoms with Gasteiger partial charge in [0.15, 0.2) is 5.78 Å². The summed E-state index contributed by atoms with van der Waals surface area (Å²) in [5.41, 5.74) is 0.419. The van der Waals surface area contributed by atoms with Gasteiger partial charge < -0.3 is 0 Å². The number of ketones is 1. The normalized spacial score (nSPS) is 26.5. The van der Waals surface area contributed by atoms with Gasteiger partial charge in [-0.25, -0.2) is 13.1 Å². The second-order valence-electron chi connectivity index (χ2n) is 6.08. The number of nitrogens with one attached hydrogen (secondary N) is 1. The molecule has 21 heavy (non-hydrogen) atoms. The Kier molecular flexibility index (Phi) is 4.84. The first-order chi connectivity index (χ1) is 9.81. The highest BCUT2D eigenvalue weighted by molar-refractivity contribution is 7.89. The van der Waals surface area contributed by atoms with Gasteiger partial charge in [-0.05, 0) is 37.3 Å². The van der Waals surface area contributed by atoms with Crippen molar-refractivity contribution in [3.05, 3.63) is 29.8 Å². The molecule has 0 aromatic heterocycles. The van der Waals surface area contributed by atoms with Crippen molar-refractivity contribution in [3.8, 4) is 0 Å². The summed E-state index contributed by atoms with van der Waals surface area (Å²) in [5, 5.41) is 0. The lowest BCUT2D eigenvalue weighted by molar-refractivity contribution is 0.101. The molecular formula is C16H23NO3S. The number of rotatable bonds is 4. The van der Waals surface area contributed by atoms with Crippen molar-refractivity contribution in [2.75, 3.05) is 0 Å². The van der Waals surface area contributed by atoms with Gasteiger partial charge in [0.05, 0.1) is 4.90 Å². The van der Waals surface area contributed by atoms with Crippen molar-refractivity contribution in [1.82, 2.24) is 4.72 Å². The van der Waals surface area contributed by atoms with Gasteiger partial charge in [0.1, 0.15) is 0 Å². The van der Waals surface area contributed by atoms with E-state index in [1.807, 2.05) is 0 Å². The predicted octanol–water partition coefficient (Wildman–Crippen LogP) is 2.99. The van der Waals surface area contributed by atoms with Gasteiger partial charge in [-0.3, -0.25) is 4.79 Å². The molecular weight excluding hydrogens is 286 g/mol. The highest BCUT2D eigenvalue weighted by Gasteiger charge is 2.30. The summed E-state index contributed by atoms with van der Waals surface area (Å²) < 4.78 is 27.8. The van der Waals surface area contributed by atoms with Gasteiger partial charge in [-0.15, -0.1) is 0 Å². The summed E-state index contributed by atoms with van der Waals surface area (Å²) in [6.07, 6.45) is 3.07. The van der Waals surface area contributed by atoms with Crippen LogP contribution in [0.2, 0.25) is 0 Å². The first-order valence-electron chi connectivity index (χ1n) is 7.44. The van der Waals surface area contributed by atoms with Gasteiger partial charge in [0.25, 0.3) is 0 Å². The maximum atomic E-state index is 12.5. The van der Waals surface area contributed by atoms with Crippen LogP contribution in [-0.2, 0) is 10.0 Å². The van der Waals surface area contributed by atoms with E-state index in [1.54, 1.807) is 12.1 Å². The molecule has 0 aliphatic heterocycles. The molecule has 1 saturated carbocycles. The topological polar surface area (TPSA) is 63.2 Å². The van der Waals surface area contributed by atoms with Crippen molar-refractivity contribution in [3.63, 3.8) is 0 Å². The molecule has 3 atom stereocenters. The largest absolute Gasteiger partial charge is 0.295 e. The third-order valence-electron chi connectivity index (χ3n) is 4.56. The lowest BCUT2D eigenvalue weighted by Crippen LogP contribution is -2.43. The molecule has 1 aliphatic carbocycles. The SMILES string of the molecule is CC(=O)c1cccc(S(=O)(=O)N[C@H]2CCC[C@@H](C)[C@H]2C)c1. The quantitative estimate of drug-likeness (QED) is 0.870. The van der Waals surface area contributed by atoms with Crippen LogP contribution in [0.5, 0.6) is 0 Å². The molecule has 4 nitrogen and oxygen atoms in total. The van der Waals surface area contributed by atoms with Crippen molar-refractivity contribution in [2.45, 2.75) is 51.0 Å². The Morgan fingerprint density at radius 3 is 2.62 bits per heavy atom. The van der Waals surface area contributed by atoms with Crippen LogP contribution in [0.4, 0.5) is 0 Å². The van der Waals surface area contributed by atoms with Crippen LogP contribution in [0.15, 0.2) is 29.2 Å². The smallest absolute Gasteiger partial charge is 0.240 e. The molecule has 116 valence electrons.